The second-order valence-electron chi connectivity index (χ2n) is 5.02. The van der Waals surface area contributed by atoms with Gasteiger partial charge in [0.15, 0.2) is 0 Å². The Morgan fingerprint density at radius 2 is 1.77 bits per heavy atom. The zero-order valence-corrected chi connectivity index (χ0v) is 8.28. The van der Waals surface area contributed by atoms with Crippen LogP contribution in [0, 0.1) is 11.8 Å². The molecule has 2 nitrogen and oxygen atoms in total. The van der Waals surface area contributed by atoms with Crippen molar-refractivity contribution < 1.29 is 0 Å². The smallest absolute Gasteiger partial charge is 0.0233 e. The molecule has 13 heavy (non-hydrogen) atoms. The van der Waals surface area contributed by atoms with Gasteiger partial charge in [0, 0.05) is 25.2 Å². The van der Waals surface area contributed by atoms with Crippen molar-refractivity contribution in [2.75, 3.05) is 13.1 Å². The van der Waals surface area contributed by atoms with Crippen molar-refractivity contribution in [1.82, 2.24) is 4.90 Å². The second kappa shape index (κ2) is 2.96. The summed E-state index contributed by atoms with van der Waals surface area (Å²) in [5.74, 6) is 2.14. The molecule has 0 bridgehead atoms. The van der Waals surface area contributed by atoms with Gasteiger partial charge < -0.3 is 5.73 Å². The van der Waals surface area contributed by atoms with Crippen LogP contribution in [0.4, 0.5) is 0 Å². The summed E-state index contributed by atoms with van der Waals surface area (Å²) in [5.41, 5.74) is 5.74. The first kappa shape index (κ1) is 8.25. The Morgan fingerprint density at radius 3 is 2.23 bits per heavy atom. The zero-order chi connectivity index (χ0) is 8.84. The van der Waals surface area contributed by atoms with Crippen LogP contribution in [0.2, 0.25) is 0 Å². The molecule has 0 aromatic rings. The van der Waals surface area contributed by atoms with Crippen molar-refractivity contribution >= 4 is 0 Å². The van der Waals surface area contributed by atoms with Gasteiger partial charge in [0.1, 0.15) is 0 Å². The van der Waals surface area contributed by atoms with E-state index in [0.29, 0.717) is 0 Å². The van der Waals surface area contributed by atoms with E-state index in [2.05, 4.69) is 4.90 Å². The highest BCUT2D eigenvalue weighted by molar-refractivity contribution is 5.09. The van der Waals surface area contributed by atoms with Crippen LogP contribution in [0.1, 0.15) is 32.1 Å². The van der Waals surface area contributed by atoms with Crippen molar-refractivity contribution in [2.45, 2.75) is 44.2 Å². The Hall–Kier alpha value is -0.0800. The fraction of sp³-hybridized carbons (Fsp3) is 1.00. The summed E-state index contributed by atoms with van der Waals surface area (Å²) in [7, 11) is 0. The van der Waals surface area contributed by atoms with Crippen LogP contribution in [0.25, 0.3) is 0 Å². The maximum Gasteiger partial charge on any atom is 0.0233 e. The molecule has 3 fully saturated rings. The molecular weight excluding hydrogens is 160 g/mol. The summed E-state index contributed by atoms with van der Waals surface area (Å²) in [5, 5.41) is 0. The third kappa shape index (κ3) is 1.15. The minimum absolute atomic E-state index is 0.746. The van der Waals surface area contributed by atoms with Gasteiger partial charge in [-0.05, 0) is 31.1 Å². The predicted molar refractivity (Wildman–Crippen MR) is 53.4 cm³/mol. The summed E-state index contributed by atoms with van der Waals surface area (Å²) in [4.78, 5) is 2.70. The summed E-state index contributed by atoms with van der Waals surface area (Å²) >= 11 is 0. The van der Waals surface area contributed by atoms with Gasteiger partial charge in [0.2, 0.25) is 0 Å². The molecule has 3 aliphatic rings. The molecule has 2 heteroatoms. The highest BCUT2D eigenvalue weighted by Crippen LogP contribution is 2.54. The van der Waals surface area contributed by atoms with Crippen molar-refractivity contribution in [1.29, 1.82) is 0 Å². The first-order valence-electron chi connectivity index (χ1n) is 5.87. The van der Waals surface area contributed by atoms with Gasteiger partial charge in [-0.25, -0.2) is 0 Å². The quantitative estimate of drug-likeness (QED) is 0.692. The van der Waals surface area contributed by atoms with Crippen LogP contribution in [-0.4, -0.2) is 30.1 Å². The lowest BCUT2D eigenvalue weighted by molar-refractivity contribution is 0.0767. The zero-order valence-electron chi connectivity index (χ0n) is 8.28. The summed E-state index contributed by atoms with van der Waals surface area (Å²) in [6.07, 6.45) is 7.33. The van der Waals surface area contributed by atoms with Crippen molar-refractivity contribution in [3.8, 4) is 0 Å². The molecule has 2 aliphatic carbocycles. The van der Waals surface area contributed by atoms with E-state index in [4.69, 9.17) is 5.73 Å². The Balaban J connectivity index is 1.62. The topological polar surface area (TPSA) is 29.3 Å². The number of likely N-dealkylation sites (tertiary alicyclic amines) is 1. The van der Waals surface area contributed by atoms with Gasteiger partial charge in [-0.15, -0.1) is 0 Å². The lowest BCUT2D eigenvalue weighted by Crippen LogP contribution is -2.53. The fourth-order valence-corrected chi connectivity index (χ4v) is 3.55. The van der Waals surface area contributed by atoms with Crippen molar-refractivity contribution in [3.05, 3.63) is 0 Å². The van der Waals surface area contributed by atoms with E-state index in [1.54, 1.807) is 0 Å². The molecule has 0 radical (unpaired) electrons. The van der Waals surface area contributed by atoms with Gasteiger partial charge in [0.25, 0.3) is 0 Å². The molecule has 2 N–H and O–H groups in total. The summed E-state index contributed by atoms with van der Waals surface area (Å²) in [6.45, 7) is 2.22. The largest absolute Gasteiger partial charge is 0.329 e. The van der Waals surface area contributed by atoms with Gasteiger partial charge in [-0.1, -0.05) is 12.8 Å². The third-order valence-electron chi connectivity index (χ3n) is 4.46. The van der Waals surface area contributed by atoms with Gasteiger partial charge in [-0.3, -0.25) is 4.90 Å². The average molecular weight is 180 g/mol. The van der Waals surface area contributed by atoms with E-state index in [9.17, 15) is 0 Å². The molecule has 2 saturated carbocycles. The third-order valence-corrected chi connectivity index (χ3v) is 4.46. The molecule has 3 atom stereocenters. The lowest BCUT2D eigenvalue weighted by Gasteiger charge is -2.41. The monoisotopic (exact) mass is 180 g/mol. The van der Waals surface area contributed by atoms with Crippen molar-refractivity contribution in [3.63, 3.8) is 0 Å². The molecule has 3 unspecified atom stereocenters. The molecule has 0 amide bonds. The maximum atomic E-state index is 5.74. The SMILES string of the molecule is NCC1CCN1C1C2CCCCC21. The fourth-order valence-electron chi connectivity index (χ4n) is 3.55. The Labute approximate surface area is 80.5 Å². The second-order valence-corrected chi connectivity index (χ2v) is 5.02. The molecule has 1 aliphatic heterocycles. The Kier molecular flexibility index (Phi) is 1.88. The molecule has 74 valence electrons. The normalized spacial score (nSPS) is 49.6. The Bertz CT molecular complexity index is 190. The number of nitrogens with two attached hydrogens (primary N) is 1. The van der Waals surface area contributed by atoms with E-state index < -0.39 is 0 Å². The van der Waals surface area contributed by atoms with E-state index in [1.165, 1.54) is 38.6 Å². The van der Waals surface area contributed by atoms with Gasteiger partial charge >= 0.3 is 0 Å². The van der Waals surface area contributed by atoms with E-state index >= 15 is 0 Å². The molecule has 0 spiro atoms. The number of hydrogen-bond acceptors (Lipinski definition) is 2. The van der Waals surface area contributed by atoms with E-state index in [1.807, 2.05) is 0 Å². The first-order chi connectivity index (χ1) is 6.42. The number of nitrogens with zero attached hydrogens (tertiary/aromatic N) is 1. The number of fused-ring (bicyclic) bond motifs is 1. The molecule has 3 rings (SSSR count). The number of rotatable bonds is 2. The maximum absolute atomic E-state index is 5.74. The minimum Gasteiger partial charge on any atom is -0.329 e. The molecule has 1 saturated heterocycles. The molecule has 1 heterocycles. The van der Waals surface area contributed by atoms with Crippen molar-refractivity contribution in [2.24, 2.45) is 17.6 Å². The molecule has 0 aromatic heterocycles. The van der Waals surface area contributed by atoms with E-state index in [-0.39, 0.29) is 0 Å². The van der Waals surface area contributed by atoms with Crippen LogP contribution in [0.3, 0.4) is 0 Å². The van der Waals surface area contributed by atoms with Crippen LogP contribution in [0.15, 0.2) is 0 Å². The Morgan fingerprint density at radius 1 is 1.08 bits per heavy atom. The predicted octanol–water partition coefficient (Wildman–Crippen LogP) is 1.21. The molecule has 0 aromatic carbocycles. The number of hydrogen-bond donors (Lipinski definition) is 1. The first-order valence-corrected chi connectivity index (χ1v) is 5.87. The van der Waals surface area contributed by atoms with E-state index in [0.717, 1.165) is 30.5 Å². The van der Waals surface area contributed by atoms with Crippen LogP contribution >= 0.6 is 0 Å². The van der Waals surface area contributed by atoms with Gasteiger partial charge in [-0.2, -0.15) is 0 Å². The summed E-state index contributed by atoms with van der Waals surface area (Å²) < 4.78 is 0. The van der Waals surface area contributed by atoms with Crippen LogP contribution in [-0.2, 0) is 0 Å². The highest BCUT2D eigenvalue weighted by Gasteiger charge is 2.56. The minimum atomic E-state index is 0.746. The summed E-state index contributed by atoms with van der Waals surface area (Å²) in [6, 6.07) is 1.71. The standard InChI is InChI=1S/C11H20N2/c12-7-8-5-6-13(8)11-9-3-1-2-4-10(9)11/h8-11H,1-7,12H2. The molecular formula is C11H20N2. The lowest BCUT2D eigenvalue weighted by atomic mass is 10.0. The average Bonchev–Trinajstić information content (AvgIpc) is 2.80. The van der Waals surface area contributed by atoms with Crippen LogP contribution in [0.5, 0.6) is 0 Å². The highest BCUT2D eigenvalue weighted by atomic mass is 15.3. The van der Waals surface area contributed by atoms with Gasteiger partial charge in [0.05, 0.1) is 0 Å². The van der Waals surface area contributed by atoms with Crippen LogP contribution < -0.4 is 5.73 Å².